The van der Waals surface area contributed by atoms with Crippen LogP contribution in [0.1, 0.15) is 10.4 Å². The van der Waals surface area contributed by atoms with Gasteiger partial charge in [0.25, 0.3) is 0 Å². The highest BCUT2D eigenvalue weighted by atomic mass is 32.2. The largest absolute Gasteiger partial charge is 0.478 e. The molecule has 1 heterocycles. The zero-order valence-corrected chi connectivity index (χ0v) is 11.8. The van der Waals surface area contributed by atoms with Crippen molar-refractivity contribution in [2.45, 2.75) is 4.90 Å². The number of hydrogen-bond acceptors (Lipinski definition) is 4. The Balaban J connectivity index is 2.61. The third-order valence-corrected chi connectivity index (χ3v) is 4.21. The summed E-state index contributed by atoms with van der Waals surface area (Å²) in [5.74, 6) is -1.23. The summed E-state index contributed by atoms with van der Waals surface area (Å²) in [6, 6.07) is 9.40. The molecule has 1 atom stereocenters. The fourth-order valence-electron chi connectivity index (χ4n) is 2.33. The zero-order chi connectivity index (χ0) is 15.1. The number of fused-ring (bicyclic) bond motifs is 2. The van der Waals surface area contributed by atoms with E-state index in [1.165, 1.54) is 18.4 Å². The van der Waals surface area contributed by atoms with Crippen LogP contribution in [0.4, 0.5) is 0 Å². The first-order valence-electron chi connectivity index (χ1n) is 6.06. The van der Waals surface area contributed by atoms with Crippen LogP contribution in [0, 0.1) is 0 Å². The molecule has 1 unspecified atom stereocenters. The molecule has 0 fully saturated rings. The molecule has 3 aromatic rings. The van der Waals surface area contributed by atoms with Crippen LogP contribution >= 0.6 is 0 Å². The van der Waals surface area contributed by atoms with Crippen molar-refractivity contribution in [1.29, 1.82) is 0 Å². The molecule has 1 aromatic heterocycles. The van der Waals surface area contributed by atoms with Gasteiger partial charge in [0.15, 0.2) is 0 Å². The maximum absolute atomic E-state index is 12.6. The first-order valence-corrected chi connectivity index (χ1v) is 7.62. The van der Waals surface area contributed by atoms with Crippen molar-refractivity contribution in [2.24, 2.45) is 0 Å². The van der Waals surface area contributed by atoms with Gasteiger partial charge in [0.1, 0.15) is 11.2 Å². The quantitative estimate of drug-likeness (QED) is 0.735. The SMILES string of the molecule is CS(=O)c1c(C(=O)O)ccc2oc3ccccc3c(=O)c12. The molecule has 0 radical (unpaired) electrons. The molecule has 0 amide bonds. The molecule has 0 saturated carbocycles. The van der Waals surface area contributed by atoms with E-state index < -0.39 is 16.8 Å². The summed E-state index contributed by atoms with van der Waals surface area (Å²) in [5, 5.41) is 9.61. The molecule has 0 spiro atoms. The minimum atomic E-state index is -1.63. The Morgan fingerprint density at radius 3 is 2.52 bits per heavy atom. The van der Waals surface area contributed by atoms with Crippen LogP contribution in [0.25, 0.3) is 21.9 Å². The molecular formula is C15H10O5S. The maximum atomic E-state index is 12.6. The molecule has 6 heteroatoms. The molecule has 0 aliphatic rings. The van der Waals surface area contributed by atoms with Crippen LogP contribution in [-0.2, 0) is 10.8 Å². The van der Waals surface area contributed by atoms with Crippen molar-refractivity contribution in [3.63, 3.8) is 0 Å². The number of carbonyl (C=O) groups is 1. The molecule has 1 N–H and O–H groups in total. The summed E-state index contributed by atoms with van der Waals surface area (Å²) in [6.07, 6.45) is 1.34. The van der Waals surface area contributed by atoms with E-state index in [2.05, 4.69) is 0 Å². The van der Waals surface area contributed by atoms with E-state index in [1.807, 2.05) is 0 Å². The van der Waals surface area contributed by atoms with Crippen molar-refractivity contribution >= 4 is 38.7 Å². The summed E-state index contributed by atoms with van der Waals surface area (Å²) >= 11 is 0. The molecule has 0 aliphatic carbocycles. The van der Waals surface area contributed by atoms with Gasteiger partial charge in [-0.25, -0.2) is 4.79 Å². The van der Waals surface area contributed by atoms with E-state index >= 15 is 0 Å². The second kappa shape index (κ2) is 4.82. The molecular weight excluding hydrogens is 292 g/mol. The van der Waals surface area contributed by atoms with Gasteiger partial charge in [0.05, 0.1) is 32.0 Å². The van der Waals surface area contributed by atoms with Gasteiger partial charge in [-0.1, -0.05) is 12.1 Å². The number of rotatable bonds is 2. The van der Waals surface area contributed by atoms with Gasteiger partial charge in [-0.15, -0.1) is 0 Å². The van der Waals surface area contributed by atoms with Gasteiger partial charge < -0.3 is 9.52 Å². The molecule has 3 rings (SSSR count). The molecule has 21 heavy (non-hydrogen) atoms. The summed E-state index contributed by atoms with van der Waals surface area (Å²) in [4.78, 5) is 23.9. The van der Waals surface area contributed by atoms with E-state index in [9.17, 15) is 18.9 Å². The van der Waals surface area contributed by atoms with Gasteiger partial charge in [-0.2, -0.15) is 0 Å². The monoisotopic (exact) mass is 302 g/mol. The predicted molar refractivity (Wildman–Crippen MR) is 79.3 cm³/mol. The van der Waals surface area contributed by atoms with E-state index in [-0.39, 0.29) is 26.9 Å². The average Bonchev–Trinajstić information content (AvgIpc) is 2.46. The van der Waals surface area contributed by atoms with Gasteiger partial charge in [-0.05, 0) is 24.3 Å². The lowest BCUT2D eigenvalue weighted by Crippen LogP contribution is -2.11. The number of hydrogen-bond donors (Lipinski definition) is 1. The van der Waals surface area contributed by atoms with Crippen molar-refractivity contribution in [2.75, 3.05) is 6.26 Å². The van der Waals surface area contributed by atoms with Gasteiger partial charge in [0.2, 0.25) is 5.43 Å². The lowest BCUT2D eigenvalue weighted by Gasteiger charge is -2.08. The third kappa shape index (κ3) is 2.04. The highest BCUT2D eigenvalue weighted by Gasteiger charge is 2.20. The first-order chi connectivity index (χ1) is 10.0. The number of carboxylic acid groups (broad SMARTS) is 1. The van der Waals surface area contributed by atoms with Crippen molar-refractivity contribution in [3.05, 3.63) is 52.2 Å². The highest BCUT2D eigenvalue weighted by Crippen LogP contribution is 2.26. The minimum absolute atomic E-state index is 0.000460. The van der Waals surface area contributed by atoms with Crippen molar-refractivity contribution in [3.8, 4) is 0 Å². The number of benzene rings is 2. The fourth-order valence-corrected chi connectivity index (χ4v) is 3.27. The van der Waals surface area contributed by atoms with Crippen LogP contribution < -0.4 is 5.43 Å². The summed E-state index contributed by atoms with van der Waals surface area (Å²) in [7, 11) is -1.63. The Morgan fingerprint density at radius 1 is 1.14 bits per heavy atom. The summed E-state index contributed by atoms with van der Waals surface area (Å²) in [5.41, 5.74) is 0.117. The van der Waals surface area contributed by atoms with Crippen LogP contribution in [0.3, 0.4) is 0 Å². The predicted octanol–water partition coefficient (Wildman–Crippen LogP) is 2.38. The molecule has 5 nitrogen and oxygen atoms in total. The normalized spacial score (nSPS) is 12.6. The number of para-hydroxylation sites is 1. The highest BCUT2D eigenvalue weighted by molar-refractivity contribution is 7.84. The fraction of sp³-hybridized carbons (Fsp3) is 0.0667. The second-order valence-corrected chi connectivity index (χ2v) is 5.82. The van der Waals surface area contributed by atoms with E-state index in [0.717, 1.165) is 0 Å². The van der Waals surface area contributed by atoms with Gasteiger partial charge >= 0.3 is 5.97 Å². The minimum Gasteiger partial charge on any atom is -0.478 e. The molecule has 0 aliphatic heterocycles. The average molecular weight is 302 g/mol. The van der Waals surface area contributed by atoms with Gasteiger partial charge in [-0.3, -0.25) is 9.00 Å². The summed E-state index contributed by atoms with van der Waals surface area (Å²) < 4.78 is 17.6. The van der Waals surface area contributed by atoms with Gasteiger partial charge in [0, 0.05) is 6.26 Å². The Kier molecular flexibility index (Phi) is 3.10. The maximum Gasteiger partial charge on any atom is 0.336 e. The van der Waals surface area contributed by atoms with Crippen LogP contribution in [0.2, 0.25) is 0 Å². The topological polar surface area (TPSA) is 84.6 Å². The molecule has 2 aromatic carbocycles. The lowest BCUT2D eigenvalue weighted by atomic mass is 10.1. The second-order valence-electron chi connectivity index (χ2n) is 4.50. The standard InChI is InChI=1S/C15H10O5S/c1-21(19)14-9(15(17)18)6-7-11-12(14)13(16)8-4-2-3-5-10(8)20-11/h2-7H,1H3,(H,17,18). The Bertz CT molecular complexity index is 971. The molecule has 0 bridgehead atoms. The van der Waals surface area contributed by atoms with Crippen molar-refractivity contribution < 1.29 is 18.5 Å². The Labute approximate surface area is 121 Å². The van der Waals surface area contributed by atoms with E-state index in [0.29, 0.717) is 11.0 Å². The number of aromatic carboxylic acids is 1. The van der Waals surface area contributed by atoms with Crippen LogP contribution in [0.15, 0.2) is 50.5 Å². The first kappa shape index (κ1) is 13.5. The number of carboxylic acids is 1. The Morgan fingerprint density at radius 2 is 1.86 bits per heavy atom. The lowest BCUT2D eigenvalue weighted by molar-refractivity contribution is 0.0693. The van der Waals surface area contributed by atoms with E-state index in [4.69, 9.17) is 4.42 Å². The third-order valence-electron chi connectivity index (χ3n) is 3.22. The van der Waals surface area contributed by atoms with Crippen LogP contribution in [-0.4, -0.2) is 21.5 Å². The van der Waals surface area contributed by atoms with Crippen molar-refractivity contribution in [1.82, 2.24) is 0 Å². The molecule has 0 saturated heterocycles. The van der Waals surface area contributed by atoms with E-state index in [1.54, 1.807) is 24.3 Å². The smallest absolute Gasteiger partial charge is 0.336 e. The molecule has 106 valence electrons. The zero-order valence-electron chi connectivity index (χ0n) is 11.0. The van der Waals surface area contributed by atoms with Crippen LogP contribution in [0.5, 0.6) is 0 Å². The Hall–Kier alpha value is -2.47. The summed E-state index contributed by atoms with van der Waals surface area (Å²) in [6.45, 7) is 0.